The number of hydrogen-bond donors (Lipinski definition) is 4. The highest BCUT2D eigenvalue weighted by molar-refractivity contribution is 5.94. The Bertz CT molecular complexity index is 1160. The van der Waals surface area contributed by atoms with E-state index in [-0.39, 0.29) is 11.6 Å². The second-order valence-corrected chi connectivity index (χ2v) is 7.86. The van der Waals surface area contributed by atoms with E-state index in [1.165, 1.54) is 18.3 Å². The fourth-order valence-electron chi connectivity index (χ4n) is 3.93. The number of pyridine rings is 1. The molecule has 1 saturated carbocycles. The first-order chi connectivity index (χ1) is 15.1. The van der Waals surface area contributed by atoms with Crippen LogP contribution in [0.3, 0.4) is 0 Å². The van der Waals surface area contributed by atoms with Gasteiger partial charge in [-0.3, -0.25) is 19.7 Å². The van der Waals surface area contributed by atoms with Crippen LogP contribution in [0.4, 0.5) is 13.2 Å². The molecule has 0 atom stereocenters. The van der Waals surface area contributed by atoms with E-state index in [4.69, 9.17) is 5.73 Å². The SMILES string of the molecule is Cc1c(C2(c3ccc(C(F)(F)F)nc3)CC2)c[nH]c1C(=O)NCCc1cc(C(N)=O)n[nH]1. The second kappa shape index (κ2) is 7.81. The van der Waals surface area contributed by atoms with Crippen molar-refractivity contribution in [2.75, 3.05) is 6.54 Å². The first kappa shape index (κ1) is 21.6. The number of alkyl halides is 3. The van der Waals surface area contributed by atoms with Crippen LogP contribution in [0.1, 0.15) is 61.9 Å². The van der Waals surface area contributed by atoms with Gasteiger partial charge in [-0.1, -0.05) is 6.07 Å². The molecule has 3 aromatic rings. The number of H-pyrrole nitrogens is 2. The summed E-state index contributed by atoms with van der Waals surface area (Å²) >= 11 is 0. The Morgan fingerprint density at radius 3 is 2.59 bits per heavy atom. The predicted octanol–water partition coefficient (Wildman–Crippen LogP) is 2.61. The molecule has 8 nitrogen and oxygen atoms in total. The Hall–Kier alpha value is -3.63. The zero-order valence-corrected chi connectivity index (χ0v) is 17.1. The van der Waals surface area contributed by atoms with Crippen molar-refractivity contribution in [3.63, 3.8) is 0 Å². The van der Waals surface area contributed by atoms with Gasteiger partial charge in [0.05, 0.1) is 0 Å². The van der Waals surface area contributed by atoms with Crippen LogP contribution >= 0.6 is 0 Å². The maximum atomic E-state index is 12.8. The third-order valence-electron chi connectivity index (χ3n) is 5.80. The van der Waals surface area contributed by atoms with Gasteiger partial charge in [-0.2, -0.15) is 18.3 Å². The summed E-state index contributed by atoms with van der Waals surface area (Å²) in [7, 11) is 0. The molecule has 0 unspecified atom stereocenters. The molecule has 0 aromatic carbocycles. The molecule has 0 saturated heterocycles. The molecule has 0 aliphatic heterocycles. The number of nitrogens with zero attached hydrogens (tertiary/aromatic N) is 2. The molecule has 168 valence electrons. The van der Waals surface area contributed by atoms with Crippen molar-refractivity contribution in [3.8, 4) is 0 Å². The average Bonchev–Trinajstić information content (AvgIpc) is 3.22. The lowest BCUT2D eigenvalue weighted by Gasteiger charge is -2.16. The molecule has 1 fully saturated rings. The maximum absolute atomic E-state index is 12.8. The molecule has 1 aliphatic carbocycles. The van der Waals surface area contributed by atoms with Crippen LogP contribution in [0.5, 0.6) is 0 Å². The smallest absolute Gasteiger partial charge is 0.364 e. The molecule has 0 bridgehead atoms. The minimum atomic E-state index is -4.48. The summed E-state index contributed by atoms with van der Waals surface area (Å²) in [6, 6.07) is 3.98. The molecule has 2 amide bonds. The summed E-state index contributed by atoms with van der Waals surface area (Å²) in [6.07, 6.45) is 0.487. The Labute approximate surface area is 180 Å². The number of aromatic amines is 2. The monoisotopic (exact) mass is 446 g/mol. The van der Waals surface area contributed by atoms with E-state index in [0.717, 1.165) is 30.0 Å². The van der Waals surface area contributed by atoms with Crippen LogP contribution in [0.2, 0.25) is 0 Å². The third-order valence-corrected chi connectivity index (χ3v) is 5.80. The average molecular weight is 446 g/mol. The number of aromatic nitrogens is 4. The Balaban J connectivity index is 1.44. The number of carbonyl (C=O) groups excluding carboxylic acids is 2. The standard InChI is InChI=1S/C21H21F3N6O2/c1-11-14(20(5-6-20)12-2-3-16(27-9-12)21(22,23)24)10-28-17(11)19(32)26-7-4-13-8-15(18(25)31)30-29-13/h2-3,8-10,28H,4-7H2,1H3,(H2,25,31)(H,26,32)(H,29,30). The molecule has 1 aliphatic rings. The van der Waals surface area contributed by atoms with Crippen molar-refractivity contribution in [2.45, 2.75) is 37.8 Å². The molecule has 0 spiro atoms. The van der Waals surface area contributed by atoms with Crippen molar-refractivity contribution in [3.05, 3.63) is 70.1 Å². The van der Waals surface area contributed by atoms with Crippen LogP contribution in [-0.2, 0) is 18.0 Å². The van der Waals surface area contributed by atoms with Gasteiger partial charge < -0.3 is 16.0 Å². The van der Waals surface area contributed by atoms with E-state index in [1.807, 2.05) is 6.92 Å². The number of halogens is 3. The van der Waals surface area contributed by atoms with Gasteiger partial charge in [-0.25, -0.2) is 0 Å². The van der Waals surface area contributed by atoms with Crippen molar-refractivity contribution in [1.82, 2.24) is 25.5 Å². The van der Waals surface area contributed by atoms with Crippen molar-refractivity contribution in [1.29, 1.82) is 0 Å². The Morgan fingerprint density at radius 2 is 2.03 bits per heavy atom. The van der Waals surface area contributed by atoms with Crippen LogP contribution in [0, 0.1) is 6.92 Å². The van der Waals surface area contributed by atoms with E-state index >= 15 is 0 Å². The highest BCUT2D eigenvalue weighted by Gasteiger charge is 2.48. The van der Waals surface area contributed by atoms with E-state index in [1.54, 1.807) is 6.20 Å². The molecular weight excluding hydrogens is 425 g/mol. The summed E-state index contributed by atoms with van der Waals surface area (Å²) in [6.45, 7) is 2.12. The summed E-state index contributed by atoms with van der Waals surface area (Å²) in [5.41, 5.74) is 7.31. The second-order valence-electron chi connectivity index (χ2n) is 7.86. The van der Waals surface area contributed by atoms with E-state index < -0.39 is 23.2 Å². The van der Waals surface area contributed by atoms with Crippen LogP contribution in [-0.4, -0.2) is 38.5 Å². The number of nitrogens with two attached hydrogens (primary N) is 1. The quantitative estimate of drug-likeness (QED) is 0.445. The highest BCUT2D eigenvalue weighted by Crippen LogP contribution is 2.54. The lowest BCUT2D eigenvalue weighted by Crippen LogP contribution is -2.26. The number of hydrogen-bond acceptors (Lipinski definition) is 4. The summed E-state index contributed by atoms with van der Waals surface area (Å²) in [5.74, 6) is -0.937. The van der Waals surface area contributed by atoms with Gasteiger partial charge in [0.15, 0.2) is 0 Å². The third kappa shape index (κ3) is 3.97. The van der Waals surface area contributed by atoms with Gasteiger partial charge in [-0.05, 0) is 48.6 Å². The number of amides is 2. The normalized spacial score (nSPS) is 14.9. The topological polar surface area (TPSA) is 130 Å². The highest BCUT2D eigenvalue weighted by atomic mass is 19.4. The molecule has 3 heterocycles. The lowest BCUT2D eigenvalue weighted by molar-refractivity contribution is -0.141. The van der Waals surface area contributed by atoms with Crippen LogP contribution in [0.15, 0.2) is 30.6 Å². The van der Waals surface area contributed by atoms with E-state index in [0.29, 0.717) is 29.9 Å². The first-order valence-electron chi connectivity index (χ1n) is 9.96. The number of carbonyl (C=O) groups is 2. The van der Waals surface area contributed by atoms with Gasteiger partial charge in [0, 0.05) is 36.5 Å². The van der Waals surface area contributed by atoms with E-state index in [9.17, 15) is 22.8 Å². The zero-order chi connectivity index (χ0) is 23.1. The maximum Gasteiger partial charge on any atom is 0.433 e. The molecular formula is C21H21F3N6O2. The molecule has 0 radical (unpaired) electrons. The molecule has 11 heteroatoms. The summed E-state index contributed by atoms with van der Waals surface area (Å²) in [5, 5.41) is 9.28. The fraction of sp³-hybridized carbons (Fsp3) is 0.333. The van der Waals surface area contributed by atoms with E-state index in [2.05, 4.69) is 25.5 Å². The molecule has 32 heavy (non-hydrogen) atoms. The van der Waals surface area contributed by atoms with Crippen molar-refractivity contribution < 1.29 is 22.8 Å². The Kier molecular flexibility index (Phi) is 5.27. The van der Waals surface area contributed by atoms with Gasteiger partial charge in [0.25, 0.3) is 11.8 Å². The molecule has 5 N–H and O–H groups in total. The lowest BCUT2D eigenvalue weighted by atomic mass is 9.88. The van der Waals surface area contributed by atoms with Gasteiger partial charge in [0.1, 0.15) is 17.1 Å². The minimum Gasteiger partial charge on any atom is -0.364 e. The molecule has 3 aromatic heterocycles. The summed E-state index contributed by atoms with van der Waals surface area (Å²) < 4.78 is 38.5. The van der Waals surface area contributed by atoms with Gasteiger partial charge >= 0.3 is 6.18 Å². The Morgan fingerprint density at radius 1 is 1.28 bits per heavy atom. The van der Waals surface area contributed by atoms with Gasteiger partial charge in [-0.15, -0.1) is 0 Å². The van der Waals surface area contributed by atoms with Crippen LogP contribution < -0.4 is 11.1 Å². The predicted molar refractivity (Wildman–Crippen MR) is 108 cm³/mol. The van der Waals surface area contributed by atoms with Crippen molar-refractivity contribution in [2.24, 2.45) is 5.73 Å². The number of nitrogens with one attached hydrogen (secondary N) is 3. The number of primary amides is 1. The van der Waals surface area contributed by atoms with Gasteiger partial charge in [0.2, 0.25) is 0 Å². The minimum absolute atomic E-state index is 0.128. The fourth-order valence-corrected chi connectivity index (χ4v) is 3.93. The number of rotatable bonds is 7. The van der Waals surface area contributed by atoms with Crippen molar-refractivity contribution >= 4 is 11.8 Å². The zero-order valence-electron chi connectivity index (χ0n) is 17.1. The summed E-state index contributed by atoms with van der Waals surface area (Å²) in [4.78, 5) is 30.3. The largest absolute Gasteiger partial charge is 0.433 e. The first-order valence-corrected chi connectivity index (χ1v) is 9.96. The van der Waals surface area contributed by atoms with Crippen LogP contribution in [0.25, 0.3) is 0 Å². The molecule has 4 rings (SSSR count).